The molecule has 0 aliphatic heterocycles. The molecule has 0 aromatic rings. The van der Waals surface area contributed by atoms with Crippen molar-refractivity contribution in [2.24, 2.45) is 34.5 Å². The molecule has 0 spiro atoms. The Morgan fingerprint density at radius 3 is 1.18 bits per heavy atom. The summed E-state index contributed by atoms with van der Waals surface area (Å²) in [6.45, 7) is 0. The SMILES string of the molecule is BrC1(Br)[C@@H]2CC34C[C@@H]5[C@H](CC3(C[C@H]21)C4)C5(Br)Br. The molecule has 6 atom stereocenters. The summed E-state index contributed by atoms with van der Waals surface area (Å²) in [7, 11) is 0. The number of fused-ring (bicyclic) bond motifs is 2. The summed E-state index contributed by atoms with van der Waals surface area (Å²) in [6, 6.07) is 0. The lowest BCUT2D eigenvalue weighted by molar-refractivity contribution is 0.157. The number of alkyl halides is 4. The molecule has 0 bridgehead atoms. The molecule has 2 unspecified atom stereocenters. The predicted molar refractivity (Wildman–Crippen MR) is 83.1 cm³/mol. The van der Waals surface area contributed by atoms with Crippen molar-refractivity contribution in [3.63, 3.8) is 0 Å². The maximum Gasteiger partial charge on any atom is 0.0868 e. The highest BCUT2D eigenvalue weighted by Gasteiger charge is 2.84. The van der Waals surface area contributed by atoms with Gasteiger partial charge >= 0.3 is 0 Å². The van der Waals surface area contributed by atoms with E-state index >= 15 is 0 Å². The zero-order valence-corrected chi connectivity index (χ0v) is 15.7. The average Bonchev–Trinajstić information content (AvgIpc) is 3.13. The van der Waals surface area contributed by atoms with E-state index in [9.17, 15) is 0 Å². The monoisotopic (exact) mass is 486 g/mol. The van der Waals surface area contributed by atoms with Crippen molar-refractivity contribution in [3.8, 4) is 0 Å². The zero-order chi connectivity index (χ0) is 11.8. The molecule has 5 saturated carbocycles. The lowest BCUT2D eigenvalue weighted by Gasteiger charge is -2.33. The molecule has 0 radical (unpaired) electrons. The van der Waals surface area contributed by atoms with Crippen molar-refractivity contribution >= 4 is 63.7 Å². The second-order valence-electron chi connectivity index (χ2n) is 7.33. The molecule has 5 fully saturated rings. The van der Waals surface area contributed by atoms with Crippen LogP contribution in [0.15, 0.2) is 0 Å². The quantitative estimate of drug-likeness (QED) is 0.399. The highest BCUT2D eigenvalue weighted by molar-refractivity contribution is 9.26. The fourth-order valence-electron chi connectivity index (χ4n) is 5.64. The van der Waals surface area contributed by atoms with Gasteiger partial charge in [-0.2, -0.15) is 0 Å². The normalized spacial score (nSPS) is 67.1. The summed E-state index contributed by atoms with van der Waals surface area (Å²) in [5, 5.41) is 0. The lowest BCUT2D eigenvalue weighted by Crippen LogP contribution is -2.25. The maximum atomic E-state index is 3.90. The van der Waals surface area contributed by atoms with E-state index in [0.717, 1.165) is 34.5 Å². The van der Waals surface area contributed by atoms with Crippen LogP contribution in [0.2, 0.25) is 0 Å². The second kappa shape index (κ2) is 2.78. The third kappa shape index (κ3) is 1.15. The van der Waals surface area contributed by atoms with Gasteiger partial charge in [0.2, 0.25) is 0 Å². The van der Waals surface area contributed by atoms with E-state index < -0.39 is 0 Å². The highest BCUT2D eigenvalue weighted by Crippen LogP contribution is 2.91. The summed E-state index contributed by atoms with van der Waals surface area (Å²) in [5.41, 5.74) is 1.48. The van der Waals surface area contributed by atoms with Gasteiger partial charge in [-0.15, -0.1) is 0 Å². The summed E-state index contributed by atoms with van der Waals surface area (Å²) < 4.78 is 0.643. The van der Waals surface area contributed by atoms with Crippen LogP contribution in [-0.2, 0) is 0 Å². The number of rotatable bonds is 0. The first-order valence-corrected chi connectivity index (χ1v) is 9.75. The van der Waals surface area contributed by atoms with E-state index in [1.165, 1.54) is 25.7 Å². The lowest BCUT2D eigenvalue weighted by atomic mass is 9.71. The van der Waals surface area contributed by atoms with Crippen molar-refractivity contribution in [3.05, 3.63) is 0 Å². The Labute approximate surface area is 136 Å². The van der Waals surface area contributed by atoms with Crippen LogP contribution in [0, 0.1) is 34.5 Å². The van der Waals surface area contributed by atoms with Crippen molar-refractivity contribution in [2.75, 3.05) is 0 Å². The van der Waals surface area contributed by atoms with Gasteiger partial charge in [-0.1, -0.05) is 63.7 Å². The van der Waals surface area contributed by atoms with Gasteiger partial charge in [0.05, 0.1) is 6.47 Å². The van der Waals surface area contributed by atoms with E-state index in [1.54, 1.807) is 6.42 Å². The van der Waals surface area contributed by atoms with Crippen LogP contribution in [0.25, 0.3) is 0 Å². The Morgan fingerprint density at radius 2 is 0.882 bits per heavy atom. The van der Waals surface area contributed by atoms with E-state index in [4.69, 9.17) is 0 Å². The predicted octanol–water partition coefficient (Wildman–Crippen LogP) is 5.41. The van der Waals surface area contributed by atoms with Gasteiger partial charge < -0.3 is 0 Å². The molecule has 0 nitrogen and oxygen atoms in total. The molecule has 0 aromatic heterocycles. The molecular formula is C13H14Br4. The van der Waals surface area contributed by atoms with Crippen LogP contribution in [-0.4, -0.2) is 6.47 Å². The van der Waals surface area contributed by atoms with Crippen molar-refractivity contribution < 1.29 is 0 Å². The topological polar surface area (TPSA) is 0 Å². The van der Waals surface area contributed by atoms with Crippen LogP contribution in [0.4, 0.5) is 0 Å². The fraction of sp³-hybridized carbons (Fsp3) is 1.00. The standard InChI is InChI=1S/C13H14Br4/c14-12(15)6-1-10-2-8-9(13(8,16)17)4-11(10,5-10)3-7(6)12/h6-9H,1-5H2/t6-,7-,8-,9+,10?,11?/m1/s1. The Bertz CT molecular complexity index is 373. The molecular weight excluding hydrogens is 476 g/mol. The molecule has 0 heterocycles. The first-order chi connectivity index (χ1) is 7.83. The molecule has 0 amide bonds. The minimum atomic E-state index is 0.321. The number of halogens is 4. The largest absolute Gasteiger partial charge is 0.0868 e. The van der Waals surface area contributed by atoms with Crippen LogP contribution < -0.4 is 0 Å². The Morgan fingerprint density at radius 1 is 0.588 bits per heavy atom. The summed E-state index contributed by atoms with van der Waals surface area (Å²) in [6.07, 6.45) is 7.47. The van der Waals surface area contributed by atoms with Gasteiger partial charge in [0.1, 0.15) is 0 Å². The third-order valence-electron chi connectivity index (χ3n) is 6.85. The Kier molecular flexibility index (Phi) is 1.89. The molecule has 0 aromatic carbocycles. The van der Waals surface area contributed by atoms with Crippen LogP contribution in [0.1, 0.15) is 32.1 Å². The minimum Gasteiger partial charge on any atom is -0.0721 e. The van der Waals surface area contributed by atoms with Gasteiger partial charge in [0, 0.05) is 0 Å². The van der Waals surface area contributed by atoms with E-state index in [-0.39, 0.29) is 0 Å². The fourth-order valence-corrected chi connectivity index (χ4v) is 8.96. The molecule has 5 aliphatic rings. The molecule has 94 valence electrons. The maximum absolute atomic E-state index is 3.90. The number of hydrogen-bond acceptors (Lipinski definition) is 0. The summed E-state index contributed by atoms with van der Waals surface area (Å²) in [5.74, 6) is 3.64. The molecule has 5 aliphatic carbocycles. The second-order valence-corrected chi connectivity index (χ2v) is 14.7. The molecule has 4 heteroatoms. The summed E-state index contributed by atoms with van der Waals surface area (Å²) >= 11 is 15.6. The van der Waals surface area contributed by atoms with Crippen LogP contribution in [0.3, 0.4) is 0 Å². The molecule has 17 heavy (non-hydrogen) atoms. The Balaban J connectivity index is 1.50. The highest BCUT2D eigenvalue weighted by atomic mass is 79.9. The minimum absolute atomic E-state index is 0.321. The molecule has 0 saturated heterocycles. The first kappa shape index (κ1) is 11.6. The zero-order valence-electron chi connectivity index (χ0n) is 9.36. The summed E-state index contributed by atoms with van der Waals surface area (Å²) in [4.78, 5) is 0. The van der Waals surface area contributed by atoms with Gasteiger partial charge in [0.25, 0.3) is 0 Å². The van der Waals surface area contributed by atoms with E-state index in [1.807, 2.05) is 0 Å². The van der Waals surface area contributed by atoms with Crippen molar-refractivity contribution in [1.82, 2.24) is 0 Å². The van der Waals surface area contributed by atoms with Gasteiger partial charge in [0.15, 0.2) is 0 Å². The van der Waals surface area contributed by atoms with E-state index in [2.05, 4.69) is 63.7 Å². The van der Waals surface area contributed by atoms with Crippen LogP contribution >= 0.6 is 63.7 Å². The van der Waals surface area contributed by atoms with Crippen molar-refractivity contribution in [2.45, 2.75) is 38.6 Å². The molecule has 0 N–H and O–H groups in total. The van der Waals surface area contributed by atoms with Crippen LogP contribution in [0.5, 0.6) is 0 Å². The first-order valence-electron chi connectivity index (χ1n) is 6.58. The van der Waals surface area contributed by atoms with Gasteiger partial charge in [-0.3, -0.25) is 0 Å². The third-order valence-corrected chi connectivity index (χ3v) is 11.6. The number of hydrogen-bond donors (Lipinski definition) is 0. The molecule has 5 rings (SSSR count). The average molecular weight is 490 g/mol. The van der Waals surface area contributed by atoms with Gasteiger partial charge in [-0.05, 0) is 66.6 Å². The smallest absolute Gasteiger partial charge is 0.0721 e. The van der Waals surface area contributed by atoms with Crippen molar-refractivity contribution in [1.29, 1.82) is 0 Å². The van der Waals surface area contributed by atoms with Gasteiger partial charge in [-0.25, -0.2) is 0 Å². The Hall–Kier alpha value is 1.92. The van der Waals surface area contributed by atoms with E-state index in [0.29, 0.717) is 6.47 Å².